The van der Waals surface area contributed by atoms with E-state index >= 15 is 0 Å². The Morgan fingerprint density at radius 3 is 2.53 bits per heavy atom. The molecule has 1 aromatic heterocycles. The highest BCUT2D eigenvalue weighted by Crippen LogP contribution is 2.26. The summed E-state index contributed by atoms with van der Waals surface area (Å²) in [6.45, 7) is 5.79. The predicted molar refractivity (Wildman–Crippen MR) is 129 cm³/mol. The summed E-state index contributed by atoms with van der Waals surface area (Å²) in [4.78, 5) is 4.84. The fourth-order valence-corrected chi connectivity index (χ4v) is 4.06. The molecule has 5 rings (SSSR count). The average molecular weight is 423 g/mol. The van der Waals surface area contributed by atoms with Crippen LogP contribution in [0.2, 0.25) is 0 Å². The molecule has 0 atom stereocenters. The minimum atomic E-state index is 0.410. The molecule has 0 aliphatic carbocycles. The molecular weight excluding hydrogens is 396 g/mol. The van der Waals surface area contributed by atoms with Crippen LogP contribution in [0.4, 0.5) is 0 Å². The van der Waals surface area contributed by atoms with Gasteiger partial charge >= 0.3 is 0 Å². The minimum Gasteiger partial charge on any atom is -0.491 e. The van der Waals surface area contributed by atoms with Crippen LogP contribution in [-0.4, -0.2) is 16.2 Å². The van der Waals surface area contributed by atoms with Crippen molar-refractivity contribution in [3.05, 3.63) is 102 Å². The number of fused-ring (bicyclic) bond motifs is 2. The van der Waals surface area contributed by atoms with Gasteiger partial charge < -0.3 is 14.0 Å². The van der Waals surface area contributed by atoms with Crippen molar-refractivity contribution in [1.82, 2.24) is 9.55 Å². The zero-order chi connectivity index (χ0) is 21.9. The van der Waals surface area contributed by atoms with Crippen molar-refractivity contribution >= 4 is 21.8 Å². The third kappa shape index (κ3) is 4.04. The molecule has 4 heteroatoms. The Balaban J connectivity index is 1.37. The summed E-state index contributed by atoms with van der Waals surface area (Å²) in [5.74, 6) is 2.70. The van der Waals surface area contributed by atoms with E-state index in [-0.39, 0.29) is 0 Å². The minimum absolute atomic E-state index is 0.410. The van der Waals surface area contributed by atoms with Crippen molar-refractivity contribution in [2.45, 2.75) is 27.0 Å². The summed E-state index contributed by atoms with van der Waals surface area (Å²) in [5.41, 5.74) is 4.37. The number of imidazole rings is 1. The molecule has 0 aliphatic rings. The van der Waals surface area contributed by atoms with Gasteiger partial charge in [-0.3, -0.25) is 0 Å². The number of para-hydroxylation sites is 2. The van der Waals surface area contributed by atoms with E-state index in [2.05, 4.69) is 60.9 Å². The Labute approximate surface area is 188 Å². The molecule has 0 unspecified atom stereocenters. The normalized spacial score (nSPS) is 11.2. The van der Waals surface area contributed by atoms with Crippen LogP contribution in [0.3, 0.4) is 0 Å². The van der Waals surface area contributed by atoms with Crippen LogP contribution in [0.1, 0.15) is 17.0 Å². The third-order valence-corrected chi connectivity index (χ3v) is 5.76. The second-order valence-corrected chi connectivity index (χ2v) is 8.05. The van der Waals surface area contributed by atoms with Gasteiger partial charge in [0, 0.05) is 5.39 Å². The molecule has 0 bridgehead atoms. The van der Waals surface area contributed by atoms with Crippen molar-refractivity contribution in [3.8, 4) is 11.5 Å². The van der Waals surface area contributed by atoms with Crippen LogP contribution in [-0.2, 0) is 13.2 Å². The largest absolute Gasteiger partial charge is 0.491 e. The van der Waals surface area contributed by atoms with Crippen molar-refractivity contribution in [2.24, 2.45) is 0 Å². The molecule has 0 saturated heterocycles. The second-order valence-electron chi connectivity index (χ2n) is 8.05. The van der Waals surface area contributed by atoms with Crippen LogP contribution >= 0.6 is 0 Å². The molecule has 160 valence electrons. The van der Waals surface area contributed by atoms with E-state index < -0.39 is 0 Å². The average Bonchev–Trinajstić information content (AvgIpc) is 3.17. The molecule has 32 heavy (non-hydrogen) atoms. The highest BCUT2D eigenvalue weighted by Gasteiger charge is 2.12. The van der Waals surface area contributed by atoms with Crippen molar-refractivity contribution in [3.63, 3.8) is 0 Å². The lowest BCUT2D eigenvalue weighted by Crippen LogP contribution is -2.13. The molecule has 1 heterocycles. The van der Waals surface area contributed by atoms with Crippen molar-refractivity contribution < 1.29 is 9.47 Å². The smallest absolute Gasteiger partial charge is 0.148 e. The Bertz CT molecular complexity index is 1380. The predicted octanol–water partition coefficient (Wildman–Crippen LogP) is 6.46. The zero-order valence-electron chi connectivity index (χ0n) is 18.4. The number of hydrogen-bond donors (Lipinski definition) is 0. The highest BCUT2D eigenvalue weighted by molar-refractivity contribution is 5.88. The van der Waals surface area contributed by atoms with E-state index in [1.54, 1.807) is 0 Å². The maximum Gasteiger partial charge on any atom is 0.148 e. The standard InChI is InChI=1S/C28H26N2O2/c1-20-14-15-21(2)27(18-20)32-19-28-29-24-11-5-6-12-25(24)30(28)16-17-31-26-13-7-9-22-8-3-4-10-23(22)26/h3-15,18H,16-17,19H2,1-2H3. The number of aromatic nitrogens is 2. The van der Waals surface area contributed by atoms with Gasteiger partial charge in [0.15, 0.2) is 0 Å². The van der Waals surface area contributed by atoms with E-state index in [0.29, 0.717) is 19.8 Å². The van der Waals surface area contributed by atoms with Gasteiger partial charge in [-0.25, -0.2) is 4.98 Å². The van der Waals surface area contributed by atoms with Crippen LogP contribution in [0.15, 0.2) is 84.9 Å². The molecule has 0 saturated carbocycles. The van der Waals surface area contributed by atoms with Crippen LogP contribution < -0.4 is 9.47 Å². The van der Waals surface area contributed by atoms with Gasteiger partial charge in [0.2, 0.25) is 0 Å². The van der Waals surface area contributed by atoms with Gasteiger partial charge in [0.25, 0.3) is 0 Å². The molecule has 0 radical (unpaired) electrons. The van der Waals surface area contributed by atoms with E-state index in [9.17, 15) is 0 Å². The fourth-order valence-electron chi connectivity index (χ4n) is 4.06. The molecule has 4 nitrogen and oxygen atoms in total. The first-order valence-electron chi connectivity index (χ1n) is 10.9. The molecule has 4 aromatic carbocycles. The van der Waals surface area contributed by atoms with Crippen LogP contribution in [0.5, 0.6) is 11.5 Å². The number of aryl methyl sites for hydroxylation is 2. The van der Waals surface area contributed by atoms with E-state index in [4.69, 9.17) is 14.5 Å². The van der Waals surface area contributed by atoms with Crippen LogP contribution in [0.25, 0.3) is 21.8 Å². The molecule has 0 amide bonds. The first-order valence-corrected chi connectivity index (χ1v) is 10.9. The fraction of sp³-hybridized carbons (Fsp3) is 0.179. The quantitative estimate of drug-likeness (QED) is 0.302. The topological polar surface area (TPSA) is 36.3 Å². The molecule has 0 aliphatic heterocycles. The number of benzene rings is 4. The van der Waals surface area contributed by atoms with Gasteiger partial charge in [-0.2, -0.15) is 0 Å². The molecular formula is C28H26N2O2. The Hall–Kier alpha value is -3.79. The lowest BCUT2D eigenvalue weighted by molar-refractivity contribution is 0.272. The van der Waals surface area contributed by atoms with Gasteiger partial charge in [-0.1, -0.05) is 60.7 Å². The second kappa shape index (κ2) is 8.75. The van der Waals surface area contributed by atoms with Crippen molar-refractivity contribution in [1.29, 1.82) is 0 Å². The van der Waals surface area contributed by atoms with Gasteiger partial charge in [-0.15, -0.1) is 0 Å². The molecule has 0 fully saturated rings. The maximum absolute atomic E-state index is 6.20. The summed E-state index contributed by atoms with van der Waals surface area (Å²) in [7, 11) is 0. The number of hydrogen-bond acceptors (Lipinski definition) is 3. The summed E-state index contributed by atoms with van der Waals surface area (Å²) in [5, 5.41) is 2.31. The van der Waals surface area contributed by atoms with Crippen LogP contribution in [0, 0.1) is 13.8 Å². The van der Waals surface area contributed by atoms with Gasteiger partial charge in [-0.05, 0) is 54.6 Å². The lowest BCUT2D eigenvalue weighted by Gasteiger charge is -2.14. The molecule has 0 N–H and O–H groups in total. The summed E-state index contributed by atoms with van der Waals surface area (Å²) in [6.07, 6.45) is 0. The third-order valence-electron chi connectivity index (χ3n) is 5.76. The van der Waals surface area contributed by atoms with Gasteiger partial charge in [0.05, 0.1) is 17.6 Å². The summed E-state index contributed by atoms with van der Waals surface area (Å²) in [6, 6.07) is 28.9. The monoisotopic (exact) mass is 422 g/mol. The SMILES string of the molecule is Cc1ccc(C)c(OCc2nc3ccccc3n2CCOc2cccc3ccccc23)c1. The first kappa shape index (κ1) is 20.1. The zero-order valence-corrected chi connectivity index (χ0v) is 18.4. The maximum atomic E-state index is 6.20. The van der Waals surface area contributed by atoms with Crippen molar-refractivity contribution in [2.75, 3.05) is 6.61 Å². The highest BCUT2D eigenvalue weighted by atomic mass is 16.5. The molecule has 0 spiro atoms. The van der Waals surface area contributed by atoms with Gasteiger partial charge in [0.1, 0.15) is 30.5 Å². The number of ether oxygens (including phenoxy) is 2. The van der Waals surface area contributed by atoms with E-state index in [1.807, 2.05) is 42.5 Å². The first-order chi connectivity index (χ1) is 15.7. The Kier molecular flexibility index (Phi) is 5.51. The number of rotatable bonds is 7. The number of nitrogens with zero attached hydrogens (tertiary/aromatic N) is 2. The molecule has 5 aromatic rings. The summed E-state index contributed by atoms with van der Waals surface area (Å²) >= 11 is 0. The van der Waals surface area contributed by atoms with E-state index in [1.165, 1.54) is 10.9 Å². The Morgan fingerprint density at radius 1 is 0.781 bits per heavy atom. The Morgan fingerprint density at radius 2 is 1.59 bits per heavy atom. The lowest BCUT2D eigenvalue weighted by atomic mass is 10.1. The van der Waals surface area contributed by atoms with E-state index in [0.717, 1.165) is 39.3 Å². The summed E-state index contributed by atoms with van der Waals surface area (Å²) < 4.78 is 14.6.